The van der Waals surface area contributed by atoms with Crippen molar-refractivity contribution in [3.05, 3.63) is 0 Å². The molecule has 1 aliphatic rings. The van der Waals surface area contributed by atoms with Crippen molar-refractivity contribution in [3.8, 4) is 0 Å². The van der Waals surface area contributed by atoms with Gasteiger partial charge in [0.05, 0.1) is 13.2 Å². The molecular formula is C17H31N3O4. The molecule has 2 unspecified atom stereocenters. The fraction of sp³-hybridized carbons (Fsp3) is 0.824. The van der Waals surface area contributed by atoms with Crippen LogP contribution in [0.25, 0.3) is 0 Å². The Hall–Kier alpha value is -1.63. The molecular weight excluding hydrogens is 310 g/mol. The van der Waals surface area contributed by atoms with E-state index < -0.39 is 24.1 Å². The van der Waals surface area contributed by atoms with E-state index in [4.69, 9.17) is 10.5 Å². The van der Waals surface area contributed by atoms with Crippen LogP contribution in [0.4, 0.5) is 0 Å². The molecule has 24 heavy (non-hydrogen) atoms. The molecule has 0 bridgehead atoms. The molecule has 0 saturated carbocycles. The molecule has 0 aromatic carbocycles. The second kappa shape index (κ2) is 9.01. The molecule has 0 radical (unpaired) electrons. The number of hydrogen-bond acceptors (Lipinski definition) is 5. The topological polar surface area (TPSA) is 102 Å². The first kappa shape index (κ1) is 20.4. The zero-order valence-corrected chi connectivity index (χ0v) is 15.4. The third kappa shape index (κ3) is 5.19. The molecule has 1 heterocycles. The van der Waals surface area contributed by atoms with E-state index >= 15 is 0 Å². The molecule has 1 aliphatic heterocycles. The third-order valence-electron chi connectivity index (χ3n) is 4.35. The van der Waals surface area contributed by atoms with Crippen LogP contribution in [-0.4, -0.2) is 54.5 Å². The zero-order valence-electron chi connectivity index (χ0n) is 15.4. The van der Waals surface area contributed by atoms with Crippen LogP contribution in [0.3, 0.4) is 0 Å². The Bertz CT molecular complexity index is 465. The van der Waals surface area contributed by atoms with Gasteiger partial charge < -0.3 is 20.7 Å². The maximum absolute atomic E-state index is 12.6. The number of amides is 2. The summed E-state index contributed by atoms with van der Waals surface area (Å²) in [4.78, 5) is 38.5. The van der Waals surface area contributed by atoms with Gasteiger partial charge in [-0.3, -0.25) is 9.59 Å². The first-order valence-corrected chi connectivity index (χ1v) is 8.63. The Balaban J connectivity index is 2.80. The van der Waals surface area contributed by atoms with Crippen LogP contribution in [0.15, 0.2) is 0 Å². The van der Waals surface area contributed by atoms with Crippen LogP contribution >= 0.6 is 0 Å². The highest BCUT2D eigenvalue weighted by atomic mass is 16.5. The second-order valence-electron chi connectivity index (χ2n) is 7.17. The van der Waals surface area contributed by atoms with Crippen molar-refractivity contribution < 1.29 is 19.1 Å². The lowest BCUT2D eigenvalue weighted by Gasteiger charge is -2.29. The van der Waals surface area contributed by atoms with Crippen LogP contribution in [0.2, 0.25) is 0 Å². The maximum Gasteiger partial charge on any atom is 0.328 e. The minimum atomic E-state index is -0.696. The molecule has 1 rings (SSSR count). The van der Waals surface area contributed by atoms with E-state index in [2.05, 4.69) is 5.32 Å². The molecule has 3 atom stereocenters. The molecule has 2 amide bonds. The van der Waals surface area contributed by atoms with Crippen molar-refractivity contribution in [3.63, 3.8) is 0 Å². The summed E-state index contributed by atoms with van der Waals surface area (Å²) in [6.07, 6.45) is 1.82. The van der Waals surface area contributed by atoms with E-state index in [1.54, 1.807) is 4.90 Å². The van der Waals surface area contributed by atoms with Crippen molar-refractivity contribution in [2.75, 3.05) is 13.7 Å². The van der Waals surface area contributed by atoms with Gasteiger partial charge >= 0.3 is 5.97 Å². The Morgan fingerprint density at radius 2 is 1.88 bits per heavy atom. The monoisotopic (exact) mass is 341 g/mol. The smallest absolute Gasteiger partial charge is 0.328 e. The number of rotatable bonds is 7. The minimum Gasteiger partial charge on any atom is -0.467 e. The summed E-state index contributed by atoms with van der Waals surface area (Å²) in [7, 11) is 1.30. The molecule has 7 nitrogen and oxygen atoms in total. The van der Waals surface area contributed by atoms with Gasteiger partial charge in [-0.05, 0) is 31.1 Å². The van der Waals surface area contributed by atoms with Gasteiger partial charge in [-0.1, -0.05) is 27.7 Å². The first-order valence-electron chi connectivity index (χ1n) is 8.63. The van der Waals surface area contributed by atoms with Crippen molar-refractivity contribution in [1.82, 2.24) is 10.2 Å². The number of nitrogens with two attached hydrogens (primary N) is 1. The Labute approximate surface area is 144 Å². The predicted molar refractivity (Wildman–Crippen MR) is 91.0 cm³/mol. The number of ether oxygens (including phenoxy) is 1. The number of nitrogens with zero attached hydrogens (tertiary/aromatic N) is 1. The Morgan fingerprint density at radius 3 is 2.38 bits per heavy atom. The van der Waals surface area contributed by atoms with E-state index in [0.29, 0.717) is 19.4 Å². The van der Waals surface area contributed by atoms with Crippen molar-refractivity contribution >= 4 is 17.8 Å². The first-order chi connectivity index (χ1) is 11.2. The maximum atomic E-state index is 12.6. The Morgan fingerprint density at radius 1 is 1.25 bits per heavy atom. The SMILES string of the molecule is COC(=O)C(CC(C)C)NC(=O)[C@@H]1CCCN1C(=O)C(N)C(C)C. The van der Waals surface area contributed by atoms with E-state index in [-0.39, 0.29) is 23.7 Å². The number of carbonyl (C=O) groups is 3. The van der Waals surface area contributed by atoms with Crippen LogP contribution in [0, 0.1) is 11.8 Å². The van der Waals surface area contributed by atoms with Gasteiger partial charge in [-0.2, -0.15) is 0 Å². The number of methoxy groups -OCH3 is 1. The van der Waals surface area contributed by atoms with Gasteiger partial charge in [-0.15, -0.1) is 0 Å². The lowest BCUT2D eigenvalue weighted by molar-refractivity contribution is -0.147. The van der Waals surface area contributed by atoms with Crippen LogP contribution in [0.1, 0.15) is 47.0 Å². The lowest BCUT2D eigenvalue weighted by Crippen LogP contribution is -2.55. The van der Waals surface area contributed by atoms with E-state index in [1.165, 1.54) is 7.11 Å². The second-order valence-corrected chi connectivity index (χ2v) is 7.17. The summed E-state index contributed by atoms with van der Waals surface area (Å²) < 4.78 is 4.77. The molecule has 1 fully saturated rings. The molecule has 3 N–H and O–H groups in total. The molecule has 0 aromatic heterocycles. The fourth-order valence-corrected chi connectivity index (χ4v) is 2.88. The highest BCUT2D eigenvalue weighted by Gasteiger charge is 2.38. The van der Waals surface area contributed by atoms with E-state index in [9.17, 15) is 14.4 Å². The Kier molecular flexibility index (Phi) is 7.66. The molecule has 0 spiro atoms. The standard InChI is InChI=1S/C17H31N3O4/c1-10(2)9-12(17(23)24-5)19-15(21)13-7-6-8-20(13)16(22)14(18)11(3)4/h10-14H,6-9,18H2,1-5H3,(H,19,21)/t12?,13-,14?/m0/s1. The van der Waals surface area contributed by atoms with Crippen molar-refractivity contribution in [2.24, 2.45) is 17.6 Å². The summed E-state index contributed by atoms with van der Waals surface area (Å²) >= 11 is 0. The van der Waals surface area contributed by atoms with Crippen LogP contribution < -0.4 is 11.1 Å². The van der Waals surface area contributed by atoms with Gasteiger partial charge in [0.1, 0.15) is 12.1 Å². The molecule has 0 aromatic rings. The number of esters is 1. The summed E-state index contributed by atoms with van der Waals surface area (Å²) in [5, 5.41) is 2.75. The average molecular weight is 341 g/mol. The van der Waals surface area contributed by atoms with Crippen molar-refractivity contribution in [1.29, 1.82) is 0 Å². The van der Waals surface area contributed by atoms with E-state index in [1.807, 2.05) is 27.7 Å². The van der Waals surface area contributed by atoms with Gasteiger partial charge in [0.2, 0.25) is 11.8 Å². The molecule has 7 heteroatoms. The number of nitrogens with one attached hydrogen (secondary N) is 1. The van der Waals surface area contributed by atoms with Crippen LogP contribution in [-0.2, 0) is 19.1 Å². The summed E-state index contributed by atoms with van der Waals surface area (Å²) in [5.41, 5.74) is 5.94. The summed E-state index contributed by atoms with van der Waals surface area (Å²) in [6.45, 7) is 8.21. The minimum absolute atomic E-state index is 0.00516. The summed E-state index contributed by atoms with van der Waals surface area (Å²) in [6, 6.07) is -1.88. The number of hydrogen-bond donors (Lipinski definition) is 2. The van der Waals surface area contributed by atoms with Crippen LogP contribution in [0.5, 0.6) is 0 Å². The van der Waals surface area contributed by atoms with Gasteiger partial charge in [0.15, 0.2) is 0 Å². The largest absolute Gasteiger partial charge is 0.467 e. The van der Waals surface area contributed by atoms with Crippen molar-refractivity contribution in [2.45, 2.75) is 65.1 Å². The van der Waals surface area contributed by atoms with E-state index in [0.717, 1.165) is 6.42 Å². The summed E-state index contributed by atoms with van der Waals surface area (Å²) in [5.74, 6) is -0.753. The molecule has 138 valence electrons. The highest BCUT2D eigenvalue weighted by molar-refractivity contribution is 5.92. The number of carbonyl (C=O) groups excluding carboxylic acids is 3. The predicted octanol–water partition coefficient (Wildman–Crippen LogP) is 0.665. The van der Waals surface area contributed by atoms with Gasteiger partial charge in [-0.25, -0.2) is 4.79 Å². The molecule has 1 saturated heterocycles. The highest BCUT2D eigenvalue weighted by Crippen LogP contribution is 2.20. The fourth-order valence-electron chi connectivity index (χ4n) is 2.88. The quantitative estimate of drug-likeness (QED) is 0.663. The normalized spacial score (nSPS) is 20.2. The average Bonchev–Trinajstić information content (AvgIpc) is 3.00. The lowest BCUT2D eigenvalue weighted by atomic mass is 10.0. The van der Waals surface area contributed by atoms with Gasteiger partial charge in [0.25, 0.3) is 0 Å². The molecule has 0 aliphatic carbocycles. The zero-order chi connectivity index (χ0) is 18.4. The van der Waals surface area contributed by atoms with Gasteiger partial charge in [0, 0.05) is 6.54 Å². The third-order valence-corrected chi connectivity index (χ3v) is 4.35. The number of likely N-dealkylation sites (tertiary alicyclic amines) is 1.